The number of benzene rings is 2. The number of nitrogens with one attached hydrogen (secondary N) is 2. The Hall–Kier alpha value is -3.35. The van der Waals surface area contributed by atoms with E-state index in [0.717, 1.165) is 29.7 Å². The number of hydrogen-bond donors (Lipinski definition) is 2. The number of hydrogen-bond acceptors (Lipinski definition) is 3. The maximum Gasteiger partial charge on any atom is 0.319 e. The van der Waals surface area contributed by atoms with Gasteiger partial charge in [-0.25, -0.2) is 4.79 Å². The molecular formula is C23H28N4O3. The third-order valence-corrected chi connectivity index (χ3v) is 5.06. The summed E-state index contributed by atoms with van der Waals surface area (Å²) in [5.74, 6) is 0.236. The number of carbonyl (C=O) groups excluding carboxylic acids is 3. The molecule has 2 aromatic carbocycles. The van der Waals surface area contributed by atoms with Crippen molar-refractivity contribution < 1.29 is 14.4 Å². The molecule has 0 aromatic heterocycles. The van der Waals surface area contributed by atoms with Gasteiger partial charge in [-0.05, 0) is 35.2 Å². The highest BCUT2D eigenvalue weighted by molar-refractivity contribution is 5.89. The van der Waals surface area contributed by atoms with Gasteiger partial charge in [-0.3, -0.25) is 9.59 Å². The Bertz CT molecular complexity index is 909. The van der Waals surface area contributed by atoms with Crippen LogP contribution in [0.5, 0.6) is 0 Å². The van der Waals surface area contributed by atoms with Crippen LogP contribution < -0.4 is 10.6 Å². The van der Waals surface area contributed by atoms with Crippen LogP contribution in [-0.4, -0.2) is 48.3 Å². The molecule has 4 amide bonds. The molecule has 0 atom stereocenters. The van der Waals surface area contributed by atoms with Crippen molar-refractivity contribution in [3.8, 4) is 0 Å². The van der Waals surface area contributed by atoms with E-state index >= 15 is 0 Å². The van der Waals surface area contributed by atoms with Crippen LogP contribution in [0.15, 0.2) is 48.5 Å². The molecule has 2 N–H and O–H groups in total. The molecule has 7 heteroatoms. The van der Waals surface area contributed by atoms with Gasteiger partial charge in [-0.1, -0.05) is 36.4 Å². The average Bonchev–Trinajstić information content (AvgIpc) is 3.12. The summed E-state index contributed by atoms with van der Waals surface area (Å²) in [4.78, 5) is 39.2. The quantitative estimate of drug-likeness (QED) is 0.739. The fraction of sp³-hybridized carbons (Fsp3) is 0.348. The summed E-state index contributed by atoms with van der Waals surface area (Å²) >= 11 is 0. The number of urea groups is 1. The van der Waals surface area contributed by atoms with Crippen LogP contribution in [0.25, 0.3) is 0 Å². The SMILES string of the molecule is CN(C)C(=O)Cc1ccc(NC(=O)NCc2cccc(CN3CCCC3=O)c2)cc1. The Morgan fingerprint density at radius 3 is 2.43 bits per heavy atom. The highest BCUT2D eigenvalue weighted by Crippen LogP contribution is 2.15. The van der Waals surface area contributed by atoms with Crippen molar-refractivity contribution in [2.75, 3.05) is 26.0 Å². The molecule has 3 rings (SSSR count). The Balaban J connectivity index is 1.48. The van der Waals surface area contributed by atoms with Crippen molar-refractivity contribution in [2.45, 2.75) is 32.4 Å². The number of amides is 4. The summed E-state index contributed by atoms with van der Waals surface area (Å²) in [6.45, 7) is 1.82. The molecule has 1 aliphatic heterocycles. The fourth-order valence-electron chi connectivity index (χ4n) is 3.33. The molecule has 158 valence electrons. The highest BCUT2D eigenvalue weighted by atomic mass is 16.2. The van der Waals surface area contributed by atoms with Crippen molar-refractivity contribution in [1.82, 2.24) is 15.1 Å². The predicted octanol–water partition coefficient (Wildman–Crippen LogP) is 2.76. The molecule has 1 aliphatic rings. The van der Waals surface area contributed by atoms with Crippen molar-refractivity contribution in [3.05, 3.63) is 65.2 Å². The molecule has 1 saturated heterocycles. The summed E-state index contributed by atoms with van der Waals surface area (Å²) in [6.07, 6.45) is 1.89. The Kier molecular flexibility index (Phi) is 7.06. The smallest absolute Gasteiger partial charge is 0.319 e. The molecule has 0 radical (unpaired) electrons. The number of nitrogens with zero attached hydrogens (tertiary/aromatic N) is 2. The minimum absolute atomic E-state index is 0.0322. The van der Waals surface area contributed by atoms with Gasteiger partial charge in [0.25, 0.3) is 0 Å². The van der Waals surface area contributed by atoms with Crippen molar-refractivity contribution >= 4 is 23.5 Å². The maximum absolute atomic E-state index is 12.2. The van der Waals surface area contributed by atoms with E-state index in [9.17, 15) is 14.4 Å². The Labute approximate surface area is 177 Å². The van der Waals surface area contributed by atoms with Gasteiger partial charge in [0.05, 0.1) is 6.42 Å². The van der Waals surface area contributed by atoms with Crippen LogP contribution in [0.4, 0.5) is 10.5 Å². The lowest BCUT2D eigenvalue weighted by Crippen LogP contribution is -2.28. The van der Waals surface area contributed by atoms with Gasteiger partial charge >= 0.3 is 6.03 Å². The normalized spacial score (nSPS) is 13.3. The number of likely N-dealkylation sites (tertiary alicyclic amines) is 1. The molecule has 30 heavy (non-hydrogen) atoms. The second kappa shape index (κ2) is 9.91. The van der Waals surface area contributed by atoms with Crippen LogP contribution in [-0.2, 0) is 29.1 Å². The van der Waals surface area contributed by atoms with Gasteiger partial charge in [-0.15, -0.1) is 0 Å². The third kappa shape index (κ3) is 6.07. The molecule has 0 bridgehead atoms. The first-order valence-corrected chi connectivity index (χ1v) is 10.1. The highest BCUT2D eigenvalue weighted by Gasteiger charge is 2.19. The number of carbonyl (C=O) groups is 3. The predicted molar refractivity (Wildman–Crippen MR) is 116 cm³/mol. The van der Waals surface area contributed by atoms with Crippen molar-refractivity contribution in [3.63, 3.8) is 0 Å². The van der Waals surface area contributed by atoms with Crippen molar-refractivity contribution in [1.29, 1.82) is 0 Å². The summed E-state index contributed by atoms with van der Waals surface area (Å²) < 4.78 is 0. The molecule has 7 nitrogen and oxygen atoms in total. The molecule has 1 fully saturated rings. The van der Waals surface area contributed by atoms with Gasteiger partial charge in [0, 0.05) is 45.8 Å². The average molecular weight is 409 g/mol. The largest absolute Gasteiger partial charge is 0.349 e. The van der Waals surface area contributed by atoms with Gasteiger partial charge < -0.3 is 20.4 Å². The Morgan fingerprint density at radius 2 is 1.77 bits per heavy atom. The second-order valence-electron chi connectivity index (χ2n) is 7.71. The molecule has 0 saturated carbocycles. The summed E-state index contributed by atoms with van der Waals surface area (Å²) in [6, 6.07) is 14.8. The molecule has 0 aliphatic carbocycles. The summed E-state index contributed by atoms with van der Waals surface area (Å²) in [5, 5.41) is 5.64. The van der Waals surface area contributed by atoms with E-state index in [2.05, 4.69) is 10.6 Å². The van der Waals surface area contributed by atoms with Crippen LogP contribution >= 0.6 is 0 Å². The van der Waals surface area contributed by atoms with E-state index in [-0.39, 0.29) is 17.8 Å². The number of likely N-dealkylation sites (N-methyl/N-ethyl adjacent to an activating group) is 1. The topological polar surface area (TPSA) is 81.8 Å². The molecule has 2 aromatic rings. The lowest BCUT2D eigenvalue weighted by atomic mass is 10.1. The van der Waals surface area contributed by atoms with E-state index in [1.54, 1.807) is 31.1 Å². The zero-order valence-electron chi connectivity index (χ0n) is 17.5. The van der Waals surface area contributed by atoms with Gasteiger partial charge in [-0.2, -0.15) is 0 Å². The van der Waals surface area contributed by atoms with Crippen LogP contribution in [0.3, 0.4) is 0 Å². The molecular weight excluding hydrogens is 380 g/mol. The summed E-state index contributed by atoms with van der Waals surface area (Å²) in [5.41, 5.74) is 3.60. The number of anilines is 1. The third-order valence-electron chi connectivity index (χ3n) is 5.06. The first-order chi connectivity index (χ1) is 14.4. The summed E-state index contributed by atoms with van der Waals surface area (Å²) in [7, 11) is 3.45. The lowest BCUT2D eigenvalue weighted by Gasteiger charge is -2.16. The van der Waals surface area contributed by atoms with E-state index in [4.69, 9.17) is 0 Å². The van der Waals surface area contributed by atoms with Crippen LogP contribution in [0.1, 0.15) is 29.5 Å². The fourth-order valence-corrected chi connectivity index (χ4v) is 3.33. The monoisotopic (exact) mass is 408 g/mol. The van der Waals surface area contributed by atoms with E-state index in [1.807, 2.05) is 41.3 Å². The lowest BCUT2D eigenvalue weighted by molar-refractivity contribution is -0.128. The zero-order valence-corrected chi connectivity index (χ0v) is 17.5. The van der Waals surface area contributed by atoms with Gasteiger partial charge in [0.15, 0.2) is 0 Å². The second-order valence-corrected chi connectivity index (χ2v) is 7.71. The first kappa shape index (κ1) is 21.4. The standard InChI is InChI=1S/C23H28N4O3/c1-26(2)22(29)14-17-8-10-20(11-9-17)25-23(30)24-15-18-5-3-6-19(13-18)16-27-12-4-7-21(27)28/h3,5-6,8-11,13H,4,7,12,14-16H2,1-2H3,(H2,24,25,30). The zero-order chi connectivity index (χ0) is 21.5. The van der Waals surface area contributed by atoms with Gasteiger partial charge in [0.2, 0.25) is 11.8 Å². The first-order valence-electron chi connectivity index (χ1n) is 10.1. The molecule has 0 spiro atoms. The van der Waals surface area contributed by atoms with E-state index < -0.39 is 0 Å². The molecule has 0 unspecified atom stereocenters. The Morgan fingerprint density at radius 1 is 1.03 bits per heavy atom. The van der Waals surface area contributed by atoms with Crippen molar-refractivity contribution in [2.24, 2.45) is 0 Å². The van der Waals surface area contributed by atoms with E-state index in [0.29, 0.717) is 31.6 Å². The maximum atomic E-state index is 12.2. The van der Waals surface area contributed by atoms with E-state index in [1.165, 1.54) is 0 Å². The molecule has 1 heterocycles. The minimum Gasteiger partial charge on any atom is -0.349 e. The number of rotatable bonds is 7. The van der Waals surface area contributed by atoms with Crippen LogP contribution in [0, 0.1) is 0 Å². The van der Waals surface area contributed by atoms with Gasteiger partial charge in [0.1, 0.15) is 0 Å². The van der Waals surface area contributed by atoms with Crippen LogP contribution in [0.2, 0.25) is 0 Å². The minimum atomic E-state index is -0.299.